The number of hydrogen-bond donors (Lipinski definition) is 0. The minimum atomic E-state index is 0.421. The zero-order valence-electron chi connectivity index (χ0n) is 12.8. The molecular formula is C18H13Cl2N3O. The van der Waals surface area contributed by atoms with Crippen LogP contribution in [0, 0.1) is 6.92 Å². The highest BCUT2D eigenvalue weighted by Crippen LogP contribution is 2.37. The first-order chi connectivity index (χ1) is 11.6. The minimum absolute atomic E-state index is 0.421. The van der Waals surface area contributed by atoms with E-state index in [1.54, 1.807) is 10.9 Å². The highest BCUT2D eigenvalue weighted by molar-refractivity contribution is 6.35. The maximum Gasteiger partial charge on any atom is 0.227 e. The van der Waals surface area contributed by atoms with Crippen LogP contribution >= 0.6 is 23.2 Å². The second-order valence-electron chi connectivity index (χ2n) is 5.49. The molecule has 0 fully saturated rings. The molecule has 0 amide bonds. The van der Waals surface area contributed by atoms with E-state index in [1.807, 2.05) is 49.4 Å². The molecule has 0 aliphatic carbocycles. The number of rotatable bonds is 2. The fourth-order valence-electron chi connectivity index (χ4n) is 2.66. The van der Waals surface area contributed by atoms with Crippen molar-refractivity contribution >= 4 is 35.1 Å². The van der Waals surface area contributed by atoms with Gasteiger partial charge in [0, 0.05) is 21.8 Å². The zero-order chi connectivity index (χ0) is 16.7. The maximum absolute atomic E-state index is 6.29. The fourth-order valence-corrected chi connectivity index (χ4v) is 3.18. The molecule has 0 unspecified atom stereocenters. The lowest BCUT2D eigenvalue weighted by Crippen LogP contribution is -2.05. The number of aromatic nitrogens is 2. The van der Waals surface area contributed by atoms with Crippen molar-refractivity contribution in [2.45, 2.75) is 13.5 Å². The van der Waals surface area contributed by atoms with Gasteiger partial charge in [-0.05, 0) is 31.2 Å². The first-order valence-corrected chi connectivity index (χ1v) is 8.20. The van der Waals surface area contributed by atoms with Crippen LogP contribution in [0.25, 0.3) is 0 Å². The van der Waals surface area contributed by atoms with Crippen molar-refractivity contribution in [1.82, 2.24) is 9.78 Å². The van der Waals surface area contributed by atoms with Crippen molar-refractivity contribution in [2.24, 2.45) is 4.99 Å². The molecule has 0 saturated heterocycles. The predicted molar refractivity (Wildman–Crippen MR) is 96.3 cm³/mol. The van der Waals surface area contributed by atoms with Crippen LogP contribution in [0.3, 0.4) is 0 Å². The number of aryl methyl sites for hydroxylation is 1. The standard InChI is InChI=1S/C18H13Cl2N3O/c1-11-12-9-21-16-7-2-3-8-17(16)24-18(12)23(22-11)10-13-14(19)5-4-6-15(13)20/h2-9H,10H2,1H3. The van der Waals surface area contributed by atoms with Crippen LogP contribution in [-0.2, 0) is 6.54 Å². The number of nitrogens with zero attached hydrogens (tertiary/aromatic N) is 3. The van der Waals surface area contributed by atoms with Crippen LogP contribution in [0.4, 0.5) is 5.69 Å². The Balaban J connectivity index is 1.80. The second-order valence-corrected chi connectivity index (χ2v) is 6.30. The molecule has 0 spiro atoms. The largest absolute Gasteiger partial charge is 0.436 e. The topological polar surface area (TPSA) is 39.4 Å². The molecule has 1 aromatic heterocycles. The Morgan fingerprint density at radius 2 is 1.79 bits per heavy atom. The molecular weight excluding hydrogens is 345 g/mol. The van der Waals surface area contributed by atoms with E-state index in [0.29, 0.717) is 28.2 Å². The lowest BCUT2D eigenvalue weighted by Gasteiger charge is -2.12. The maximum atomic E-state index is 6.29. The predicted octanol–water partition coefficient (Wildman–Crippen LogP) is 5.40. The summed E-state index contributed by atoms with van der Waals surface area (Å²) in [4.78, 5) is 4.49. The van der Waals surface area contributed by atoms with Crippen molar-refractivity contribution in [3.05, 3.63) is 69.3 Å². The first kappa shape index (κ1) is 15.2. The average Bonchev–Trinajstić information content (AvgIpc) is 2.75. The lowest BCUT2D eigenvalue weighted by atomic mass is 10.2. The third kappa shape index (κ3) is 2.58. The Hall–Kier alpha value is -2.30. The van der Waals surface area contributed by atoms with Gasteiger partial charge in [0.2, 0.25) is 5.88 Å². The van der Waals surface area contributed by atoms with Gasteiger partial charge in [-0.1, -0.05) is 41.4 Å². The Kier molecular flexibility index (Phi) is 3.79. The third-order valence-corrected chi connectivity index (χ3v) is 4.61. The number of hydrogen-bond acceptors (Lipinski definition) is 3. The quantitative estimate of drug-likeness (QED) is 0.481. The summed E-state index contributed by atoms with van der Waals surface area (Å²) in [5.74, 6) is 1.33. The molecule has 0 atom stereocenters. The highest BCUT2D eigenvalue weighted by atomic mass is 35.5. The van der Waals surface area contributed by atoms with E-state index in [1.165, 1.54) is 0 Å². The van der Waals surface area contributed by atoms with Crippen molar-refractivity contribution in [3.63, 3.8) is 0 Å². The van der Waals surface area contributed by atoms with Gasteiger partial charge < -0.3 is 4.74 Å². The summed E-state index contributed by atoms with van der Waals surface area (Å²) in [6.45, 7) is 2.35. The molecule has 1 aliphatic rings. The van der Waals surface area contributed by atoms with Gasteiger partial charge in [-0.3, -0.25) is 4.99 Å². The summed E-state index contributed by atoms with van der Waals surface area (Å²) in [6, 6.07) is 13.1. The van der Waals surface area contributed by atoms with E-state index in [0.717, 1.165) is 22.5 Å². The monoisotopic (exact) mass is 357 g/mol. The van der Waals surface area contributed by atoms with Crippen LogP contribution in [0.5, 0.6) is 11.6 Å². The Bertz CT molecular complexity index is 943. The van der Waals surface area contributed by atoms with Crippen molar-refractivity contribution in [2.75, 3.05) is 0 Å². The molecule has 0 saturated carbocycles. The third-order valence-electron chi connectivity index (χ3n) is 3.90. The van der Waals surface area contributed by atoms with Gasteiger partial charge in [-0.25, -0.2) is 4.68 Å². The molecule has 0 radical (unpaired) electrons. The molecule has 24 heavy (non-hydrogen) atoms. The SMILES string of the molecule is Cc1nn(Cc2c(Cl)cccc2Cl)c2c1C=Nc1ccccc1O2. The summed E-state index contributed by atoms with van der Waals surface area (Å²) in [7, 11) is 0. The molecule has 3 aromatic rings. The average molecular weight is 358 g/mol. The van der Waals surface area contributed by atoms with E-state index in [-0.39, 0.29) is 0 Å². The number of fused-ring (bicyclic) bond motifs is 2. The van der Waals surface area contributed by atoms with Gasteiger partial charge in [0.05, 0.1) is 17.8 Å². The Morgan fingerprint density at radius 3 is 2.58 bits per heavy atom. The van der Waals surface area contributed by atoms with Crippen molar-refractivity contribution in [1.29, 1.82) is 0 Å². The van der Waals surface area contributed by atoms with Crippen molar-refractivity contribution in [3.8, 4) is 11.6 Å². The first-order valence-electron chi connectivity index (χ1n) is 7.45. The van der Waals surface area contributed by atoms with Gasteiger partial charge in [0.15, 0.2) is 5.75 Å². The number of para-hydroxylation sites is 2. The Morgan fingerprint density at radius 1 is 1.04 bits per heavy atom. The molecule has 4 nitrogen and oxygen atoms in total. The molecule has 6 heteroatoms. The van der Waals surface area contributed by atoms with Gasteiger partial charge in [-0.15, -0.1) is 0 Å². The fraction of sp³-hybridized carbons (Fsp3) is 0.111. The smallest absolute Gasteiger partial charge is 0.227 e. The van der Waals surface area contributed by atoms with E-state index >= 15 is 0 Å². The number of halogens is 2. The summed E-state index contributed by atoms with van der Waals surface area (Å²) < 4.78 is 7.87. The second kappa shape index (κ2) is 5.96. The van der Waals surface area contributed by atoms with Gasteiger partial charge in [0.25, 0.3) is 0 Å². The van der Waals surface area contributed by atoms with Crippen LogP contribution in [0.1, 0.15) is 16.8 Å². The van der Waals surface area contributed by atoms with Gasteiger partial charge >= 0.3 is 0 Å². The van der Waals surface area contributed by atoms with Crippen LogP contribution in [-0.4, -0.2) is 16.0 Å². The normalized spacial score (nSPS) is 12.3. The molecule has 0 bridgehead atoms. The Labute approximate surface area is 149 Å². The molecule has 2 heterocycles. The van der Waals surface area contributed by atoms with E-state index in [9.17, 15) is 0 Å². The zero-order valence-corrected chi connectivity index (χ0v) is 14.3. The van der Waals surface area contributed by atoms with Crippen LogP contribution in [0.15, 0.2) is 47.5 Å². The molecule has 2 aromatic carbocycles. The van der Waals surface area contributed by atoms with E-state index in [2.05, 4.69) is 10.1 Å². The minimum Gasteiger partial charge on any atom is -0.436 e. The lowest BCUT2D eigenvalue weighted by molar-refractivity contribution is 0.422. The molecule has 1 aliphatic heterocycles. The molecule has 4 rings (SSSR count). The van der Waals surface area contributed by atoms with Crippen LogP contribution < -0.4 is 4.74 Å². The van der Waals surface area contributed by atoms with Crippen LogP contribution in [0.2, 0.25) is 10.0 Å². The number of benzene rings is 2. The van der Waals surface area contributed by atoms with Gasteiger partial charge in [-0.2, -0.15) is 5.10 Å². The summed E-state index contributed by atoms with van der Waals surface area (Å²) in [5.41, 5.74) is 3.29. The van der Waals surface area contributed by atoms with E-state index < -0.39 is 0 Å². The number of aliphatic imine (C=N–C) groups is 1. The number of ether oxygens (including phenoxy) is 1. The van der Waals surface area contributed by atoms with Crippen molar-refractivity contribution < 1.29 is 4.74 Å². The molecule has 0 N–H and O–H groups in total. The molecule has 120 valence electrons. The summed E-state index contributed by atoms with van der Waals surface area (Å²) in [5, 5.41) is 5.78. The summed E-state index contributed by atoms with van der Waals surface area (Å²) >= 11 is 12.6. The van der Waals surface area contributed by atoms with E-state index in [4.69, 9.17) is 27.9 Å². The highest BCUT2D eigenvalue weighted by Gasteiger charge is 2.21. The van der Waals surface area contributed by atoms with Gasteiger partial charge in [0.1, 0.15) is 5.69 Å². The summed E-state index contributed by atoms with van der Waals surface area (Å²) in [6.07, 6.45) is 1.79.